The van der Waals surface area contributed by atoms with Crippen molar-refractivity contribution in [1.82, 2.24) is 4.90 Å². The summed E-state index contributed by atoms with van der Waals surface area (Å²) in [5.74, 6) is 0. The molecular formula is C12H14N2. The summed E-state index contributed by atoms with van der Waals surface area (Å²) >= 11 is 0. The van der Waals surface area contributed by atoms with Crippen LogP contribution in [0.1, 0.15) is 6.42 Å². The molecule has 1 aromatic carbocycles. The highest BCUT2D eigenvalue weighted by Crippen LogP contribution is 2.19. The molecule has 1 unspecified atom stereocenters. The van der Waals surface area contributed by atoms with E-state index in [1.54, 1.807) is 0 Å². The lowest BCUT2D eigenvalue weighted by Gasteiger charge is -2.27. The van der Waals surface area contributed by atoms with Crippen molar-refractivity contribution in [1.29, 1.82) is 0 Å². The van der Waals surface area contributed by atoms with Crippen LogP contribution in [-0.2, 0) is 0 Å². The van der Waals surface area contributed by atoms with Crippen molar-refractivity contribution in [3.05, 3.63) is 34.8 Å². The van der Waals surface area contributed by atoms with Crippen molar-refractivity contribution in [2.24, 2.45) is 4.99 Å². The van der Waals surface area contributed by atoms with Crippen LogP contribution in [0.2, 0.25) is 0 Å². The van der Waals surface area contributed by atoms with Crippen LogP contribution in [0, 0.1) is 0 Å². The summed E-state index contributed by atoms with van der Waals surface area (Å²) in [6.45, 7) is 2.26. The summed E-state index contributed by atoms with van der Waals surface area (Å²) in [5, 5.41) is 2.58. The first kappa shape index (κ1) is 8.18. The molecule has 0 amide bonds. The minimum Gasteiger partial charge on any atom is -0.302 e. The SMILES string of the molecule is CN1CCC2N=c3ccccc3=C2C1. The van der Waals surface area contributed by atoms with Crippen molar-refractivity contribution in [2.75, 3.05) is 20.1 Å². The molecular weight excluding hydrogens is 172 g/mol. The zero-order valence-corrected chi connectivity index (χ0v) is 8.40. The Bertz CT molecular complexity index is 475. The molecule has 0 spiro atoms. The molecule has 0 aromatic heterocycles. The molecule has 1 saturated heterocycles. The molecule has 2 heterocycles. The van der Waals surface area contributed by atoms with Gasteiger partial charge in [-0.15, -0.1) is 0 Å². The maximum Gasteiger partial charge on any atom is 0.0750 e. The predicted octanol–water partition coefficient (Wildman–Crippen LogP) is 0.175. The third kappa shape index (κ3) is 1.11. The normalized spacial score (nSPS) is 25.5. The third-order valence-corrected chi connectivity index (χ3v) is 3.17. The van der Waals surface area contributed by atoms with E-state index in [-0.39, 0.29) is 0 Å². The maximum absolute atomic E-state index is 4.74. The smallest absolute Gasteiger partial charge is 0.0750 e. The summed E-state index contributed by atoms with van der Waals surface area (Å²) < 4.78 is 0. The van der Waals surface area contributed by atoms with Gasteiger partial charge in [0, 0.05) is 18.3 Å². The fourth-order valence-electron chi connectivity index (χ4n) is 2.42. The van der Waals surface area contributed by atoms with Gasteiger partial charge in [0.2, 0.25) is 0 Å². The first-order valence-electron chi connectivity index (χ1n) is 5.19. The van der Waals surface area contributed by atoms with E-state index in [9.17, 15) is 0 Å². The summed E-state index contributed by atoms with van der Waals surface area (Å²) in [5.41, 5.74) is 1.52. The topological polar surface area (TPSA) is 15.6 Å². The molecule has 2 aliphatic heterocycles. The zero-order chi connectivity index (χ0) is 9.54. The van der Waals surface area contributed by atoms with Crippen LogP contribution < -0.4 is 10.6 Å². The minimum absolute atomic E-state index is 0.476. The molecule has 72 valence electrons. The van der Waals surface area contributed by atoms with E-state index < -0.39 is 0 Å². The summed E-state index contributed by atoms with van der Waals surface area (Å²) in [6, 6.07) is 8.99. The van der Waals surface area contributed by atoms with E-state index in [4.69, 9.17) is 4.99 Å². The highest BCUT2D eigenvalue weighted by molar-refractivity contribution is 5.55. The van der Waals surface area contributed by atoms with Crippen LogP contribution >= 0.6 is 0 Å². The lowest BCUT2D eigenvalue weighted by atomic mass is 9.99. The molecule has 1 aromatic rings. The standard InChI is InChI=1S/C12H14N2/c1-14-7-6-12-10(8-14)9-4-2-3-5-11(9)13-12/h2-5,12H,6-8H2,1H3. The zero-order valence-electron chi connectivity index (χ0n) is 8.40. The predicted molar refractivity (Wildman–Crippen MR) is 56.5 cm³/mol. The van der Waals surface area contributed by atoms with E-state index in [0.29, 0.717) is 6.04 Å². The quantitative estimate of drug-likeness (QED) is 0.564. The maximum atomic E-state index is 4.74. The molecule has 0 radical (unpaired) electrons. The molecule has 1 fully saturated rings. The second-order valence-corrected chi connectivity index (χ2v) is 4.21. The third-order valence-electron chi connectivity index (χ3n) is 3.17. The van der Waals surface area contributed by atoms with Gasteiger partial charge in [-0.25, -0.2) is 0 Å². The van der Waals surface area contributed by atoms with Gasteiger partial charge in [-0.3, -0.25) is 4.99 Å². The van der Waals surface area contributed by atoms with Crippen molar-refractivity contribution >= 4 is 5.57 Å². The number of hydrogen-bond donors (Lipinski definition) is 0. The van der Waals surface area contributed by atoms with Crippen LogP contribution in [0.3, 0.4) is 0 Å². The van der Waals surface area contributed by atoms with Crippen molar-refractivity contribution < 1.29 is 0 Å². The monoisotopic (exact) mass is 186 g/mol. The summed E-state index contributed by atoms with van der Waals surface area (Å²) in [7, 11) is 2.18. The summed E-state index contributed by atoms with van der Waals surface area (Å²) in [4.78, 5) is 7.12. The van der Waals surface area contributed by atoms with Crippen molar-refractivity contribution in [3.8, 4) is 0 Å². The van der Waals surface area contributed by atoms with E-state index in [0.717, 1.165) is 6.54 Å². The number of hydrogen-bond acceptors (Lipinski definition) is 2. The number of benzene rings is 1. The van der Waals surface area contributed by atoms with Crippen LogP contribution in [0.15, 0.2) is 29.3 Å². The van der Waals surface area contributed by atoms with E-state index >= 15 is 0 Å². The van der Waals surface area contributed by atoms with Crippen LogP contribution in [0.25, 0.3) is 5.57 Å². The largest absolute Gasteiger partial charge is 0.302 e. The number of fused-ring (bicyclic) bond motifs is 2. The van der Waals surface area contributed by atoms with Gasteiger partial charge in [-0.05, 0) is 25.1 Å². The second-order valence-electron chi connectivity index (χ2n) is 4.21. The Kier molecular flexibility index (Phi) is 1.71. The second kappa shape index (κ2) is 2.92. The Morgan fingerprint density at radius 2 is 2.21 bits per heavy atom. The molecule has 0 aliphatic carbocycles. The fraction of sp³-hybridized carbons (Fsp3) is 0.417. The Morgan fingerprint density at radius 1 is 1.36 bits per heavy atom. The number of nitrogens with zero attached hydrogens (tertiary/aromatic N) is 2. The average molecular weight is 186 g/mol. The van der Waals surface area contributed by atoms with E-state index in [1.165, 1.54) is 29.1 Å². The van der Waals surface area contributed by atoms with Crippen molar-refractivity contribution in [2.45, 2.75) is 12.5 Å². The van der Waals surface area contributed by atoms with Gasteiger partial charge in [0.25, 0.3) is 0 Å². The Hall–Kier alpha value is -1.15. The molecule has 14 heavy (non-hydrogen) atoms. The first-order valence-corrected chi connectivity index (χ1v) is 5.19. The van der Waals surface area contributed by atoms with Gasteiger partial charge < -0.3 is 4.90 Å². The molecule has 0 saturated carbocycles. The number of piperidine rings is 1. The first-order chi connectivity index (χ1) is 6.84. The highest BCUT2D eigenvalue weighted by atomic mass is 15.1. The van der Waals surface area contributed by atoms with Gasteiger partial charge in [0.05, 0.1) is 11.4 Å². The van der Waals surface area contributed by atoms with Crippen LogP contribution in [-0.4, -0.2) is 31.1 Å². The molecule has 2 nitrogen and oxygen atoms in total. The lowest BCUT2D eigenvalue weighted by Crippen LogP contribution is -2.35. The Balaban J connectivity index is 2.22. The molecule has 0 bridgehead atoms. The molecule has 2 aliphatic rings. The summed E-state index contributed by atoms with van der Waals surface area (Å²) in [6.07, 6.45) is 1.18. The lowest BCUT2D eigenvalue weighted by molar-refractivity contribution is 0.332. The molecule has 2 heteroatoms. The van der Waals surface area contributed by atoms with Gasteiger partial charge in [0.1, 0.15) is 0 Å². The number of likely N-dealkylation sites (tertiary alicyclic amines) is 1. The van der Waals surface area contributed by atoms with Gasteiger partial charge >= 0.3 is 0 Å². The molecule has 3 rings (SSSR count). The minimum atomic E-state index is 0.476. The highest BCUT2D eigenvalue weighted by Gasteiger charge is 2.24. The van der Waals surface area contributed by atoms with Crippen LogP contribution in [0.5, 0.6) is 0 Å². The van der Waals surface area contributed by atoms with Crippen LogP contribution in [0.4, 0.5) is 0 Å². The fourth-order valence-corrected chi connectivity index (χ4v) is 2.42. The number of para-hydroxylation sites is 1. The van der Waals surface area contributed by atoms with E-state index in [2.05, 4.69) is 36.2 Å². The molecule has 0 N–H and O–H groups in total. The number of rotatable bonds is 0. The van der Waals surface area contributed by atoms with Gasteiger partial charge in [-0.1, -0.05) is 18.2 Å². The van der Waals surface area contributed by atoms with Gasteiger partial charge in [0.15, 0.2) is 0 Å². The van der Waals surface area contributed by atoms with Crippen molar-refractivity contribution in [3.63, 3.8) is 0 Å². The average Bonchev–Trinajstić information content (AvgIpc) is 2.56. The van der Waals surface area contributed by atoms with Gasteiger partial charge in [-0.2, -0.15) is 0 Å². The van der Waals surface area contributed by atoms with E-state index in [1.807, 2.05) is 0 Å². The molecule has 1 atom stereocenters. The Morgan fingerprint density at radius 3 is 3.14 bits per heavy atom. The Labute approximate surface area is 83.6 Å².